The fraction of sp³-hybridized carbons (Fsp3) is 0.400. The summed E-state index contributed by atoms with van der Waals surface area (Å²) in [7, 11) is 0. The molecule has 2 rings (SSSR count). The van der Waals surface area contributed by atoms with Gasteiger partial charge < -0.3 is 0 Å². The molecule has 0 aliphatic heterocycles. The topological polar surface area (TPSA) is 78.9 Å². The number of halogens is 10. The molecule has 0 spiro atoms. The summed E-state index contributed by atoms with van der Waals surface area (Å²) in [4.78, 5) is 36.9. The predicted molar refractivity (Wildman–Crippen MR) is 189 cm³/mol. The number of benzene rings is 1. The van der Waals surface area contributed by atoms with E-state index in [1.165, 1.54) is 20.8 Å². The van der Waals surface area contributed by atoms with E-state index in [9.17, 15) is 14.4 Å². The number of rotatable bonds is 4. The maximum absolute atomic E-state index is 12.3. The Bertz CT molecular complexity index is 952. The van der Waals surface area contributed by atoms with Gasteiger partial charge >= 0.3 is 315 Å². The molecule has 1 aromatic carbocycles. The van der Waals surface area contributed by atoms with Gasteiger partial charge in [0.15, 0.2) is 0 Å². The molecule has 0 aromatic heterocycles. The molecule has 0 fully saturated rings. The molecule has 0 bridgehead atoms. The number of carbonyl (C=O) groups excluding carboxylic acids is 3. The predicted octanol–water partition coefficient (Wildman–Crippen LogP) is 4.89. The van der Waals surface area contributed by atoms with Crippen LogP contribution >= 0.6 is 203 Å². The van der Waals surface area contributed by atoms with Crippen molar-refractivity contribution in [3.63, 3.8) is 0 Å². The maximum atomic E-state index is 12.3. The summed E-state index contributed by atoms with van der Waals surface area (Å²) in [6, 6.07) is 0. The zero-order valence-electron chi connectivity index (χ0n) is 15.2. The SMILES string of the molecule is CC(=O)O[I-](OC(C)=O)(OC(C)=O)C1(I)c2c(I)c(I)c(I)c(I)c2C(I)(I)C1(I)I. The molecule has 176 valence electrons. The van der Waals surface area contributed by atoms with E-state index in [0.717, 1.165) is 25.4 Å². The molecular formula is C15H9I10O6-. The van der Waals surface area contributed by atoms with Crippen LogP contribution < -0.4 is 19.7 Å². The van der Waals surface area contributed by atoms with Crippen LogP contribution in [0.3, 0.4) is 0 Å². The Morgan fingerprint density at radius 1 is 0.645 bits per heavy atom. The normalized spacial score (nSPS) is 21.8. The average molecular weight is 1550 g/mol. The van der Waals surface area contributed by atoms with Crippen molar-refractivity contribution >= 4 is 221 Å². The molecule has 0 radical (unpaired) electrons. The monoisotopic (exact) mass is 1550 g/mol. The number of hydrogen-bond acceptors (Lipinski definition) is 6. The van der Waals surface area contributed by atoms with Gasteiger partial charge in [-0.1, -0.05) is 0 Å². The second-order valence-corrected chi connectivity index (χ2v) is 29.8. The van der Waals surface area contributed by atoms with Crippen LogP contribution in [0.5, 0.6) is 0 Å². The molecular weight excluding hydrogens is 1550 g/mol. The minimum absolute atomic E-state index is 0.504. The van der Waals surface area contributed by atoms with Crippen molar-refractivity contribution < 1.29 is 43.3 Å². The molecule has 1 unspecified atom stereocenters. The molecule has 0 saturated heterocycles. The van der Waals surface area contributed by atoms with E-state index >= 15 is 0 Å². The summed E-state index contributed by atoms with van der Waals surface area (Å²) >= 11 is 16.0. The first kappa shape index (κ1) is 32.1. The van der Waals surface area contributed by atoms with Crippen molar-refractivity contribution in [3.8, 4) is 0 Å². The summed E-state index contributed by atoms with van der Waals surface area (Å²) in [5.74, 6) is -1.99. The Hall–Kier alpha value is 4.93. The second-order valence-electron chi connectivity index (χ2n) is 5.86. The Kier molecular flexibility index (Phi) is 12.0. The number of alkyl halides is 6. The third kappa shape index (κ3) is 5.51. The van der Waals surface area contributed by atoms with Gasteiger partial charge in [0.1, 0.15) is 0 Å². The Morgan fingerprint density at radius 2 is 0.968 bits per heavy atom. The molecule has 0 N–H and O–H groups in total. The van der Waals surface area contributed by atoms with Gasteiger partial charge in [0.05, 0.1) is 0 Å². The third-order valence-electron chi connectivity index (χ3n) is 3.63. The average Bonchev–Trinajstić information content (AvgIpc) is 2.71. The van der Waals surface area contributed by atoms with Crippen molar-refractivity contribution in [1.82, 2.24) is 0 Å². The fourth-order valence-corrected chi connectivity index (χ4v) is 25.8. The first-order valence-corrected chi connectivity index (χ1v) is 21.0. The van der Waals surface area contributed by atoms with Crippen molar-refractivity contribution in [2.24, 2.45) is 0 Å². The van der Waals surface area contributed by atoms with Gasteiger partial charge in [-0.2, -0.15) is 0 Å². The second kappa shape index (κ2) is 11.6. The van der Waals surface area contributed by atoms with Gasteiger partial charge in [0, 0.05) is 0 Å². The molecule has 0 heterocycles. The van der Waals surface area contributed by atoms with Crippen LogP contribution in [-0.4, -0.2) is 19.3 Å². The Balaban J connectivity index is 3.17. The molecule has 1 aromatic rings. The standard InChI is InChI=1S/C15H9I10O6/c1-4(26)29-25(30-5(2)27,31-6(3)28)14(22)8-7(13(20,21)15(14,23)24)9(16)11(18)12(19)10(8)17/h1-3H3/q-1. The number of carbonyl (C=O) groups is 3. The van der Waals surface area contributed by atoms with Crippen molar-refractivity contribution in [1.29, 1.82) is 0 Å². The van der Waals surface area contributed by atoms with Crippen LogP contribution in [0.4, 0.5) is 0 Å². The first-order valence-electron chi connectivity index (χ1n) is 7.58. The zero-order valence-corrected chi connectivity index (χ0v) is 36.8. The third-order valence-corrected chi connectivity index (χ3v) is 36.7. The summed E-state index contributed by atoms with van der Waals surface area (Å²) in [6.45, 7) is 3.70. The molecule has 16 heteroatoms. The van der Waals surface area contributed by atoms with E-state index in [2.05, 4.69) is 203 Å². The number of fused-ring (bicyclic) bond motifs is 1. The molecule has 31 heavy (non-hydrogen) atoms. The fourth-order valence-electron chi connectivity index (χ4n) is 2.63. The van der Waals surface area contributed by atoms with E-state index in [-0.39, 0.29) is 0 Å². The number of hydrogen-bond donors (Lipinski definition) is 0. The summed E-state index contributed by atoms with van der Waals surface area (Å²) < 4.78 is 19.3. The molecule has 1 aliphatic carbocycles. The summed E-state index contributed by atoms with van der Waals surface area (Å²) in [5.41, 5.74) is 1.94. The van der Waals surface area contributed by atoms with Crippen molar-refractivity contribution in [3.05, 3.63) is 25.4 Å². The Labute approximate surface area is 307 Å². The van der Waals surface area contributed by atoms with E-state index in [1.54, 1.807) is 0 Å². The molecule has 0 saturated carbocycles. The minimum atomic E-state index is -4.95. The summed E-state index contributed by atoms with van der Waals surface area (Å²) in [5, 5.41) is 0. The van der Waals surface area contributed by atoms with Crippen molar-refractivity contribution in [2.75, 3.05) is 0 Å². The van der Waals surface area contributed by atoms with Gasteiger partial charge in [0.2, 0.25) is 0 Å². The first-order chi connectivity index (χ1) is 13.9. The van der Waals surface area contributed by atoms with E-state index in [0.29, 0.717) is 0 Å². The van der Waals surface area contributed by atoms with Crippen LogP contribution in [0.2, 0.25) is 0 Å². The van der Waals surface area contributed by atoms with Crippen LogP contribution in [-0.2, 0) is 26.4 Å². The quantitative estimate of drug-likeness (QED) is 0.185. The van der Waals surface area contributed by atoms with Gasteiger partial charge in [-0.25, -0.2) is 0 Å². The zero-order chi connectivity index (χ0) is 24.3. The molecule has 1 aliphatic rings. The van der Waals surface area contributed by atoms with Gasteiger partial charge in [-0.05, 0) is 0 Å². The van der Waals surface area contributed by atoms with E-state index in [4.69, 9.17) is 9.20 Å². The van der Waals surface area contributed by atoms with Crippen LogP contribution in [0.25, 0.3) is 0 Å². The van der Waals surface area contributed by atoms with Crippen LogP contribution in [0.15, 0.2) is 0 Å². The van der Waals surface area contributed by atoms with Gasteiger partial charge in [0.25, 0.3) is 0 Å². The van der Waals surface area contributed by atoms with E-state index in [1.807, 2.05) is 0 Å². The van der Waals surface area contributed by atoms with Crippen LogP contribution in [0.1, 0.15) is 31.9 Å². The molecule has 1 atom stereocenters. The summed E-state index contributed by atoms with van der Waals surface area (Å²) in [6.07, 6.45) is 0. The van der Waals surface area contributed by atoms with Crippen molar-refractivity contribution in [2.45, 2.75) is 25.1 Å². The molecule has 0 amide bonds. The Morgan fingerprint density at radius 3 is 1.29 bits per heavy atom. The van der Waals surface area contributed by atoms with Gasteiger partial charge in [-0.3, -0.25) is 0 Å². The molecule has 6 nitrogen and oxygen atoms in total. The van der Waals surface area contributed by atoms with E-state index < -0.39 is 41.9 Å². The van der Waals surface area contributed by atoms with Gasteiger partial charge in [-0.15, -0.1) is 0 Å². The van der Waals surface area contributed by atoms with Crippen LogP contribution in [0, 0.1) is 14.3 Å².